The van der Waals surface area contributed by atoms with E-state index in [-0.39, 0.29) is 17.7 Å². The van der Waals surface area contributed by atoms with Gasteiger partial charge in [-0.2, -0.15) is 13.2 Å². The number of rotatable bonds is 4. The molecule has 23 heavy (non-hydrogen) atoms. The van der Waals surface area contributed by atoms with Gasteiger partial charge in [0.2, 0.25) is 15.9 Å². The monoisotopic (exact) mass is 348 g/mol. The van der Waals surface area contributed by atoms with Gasteiger partial charge in [-0.15, -0.1) is 0 Å². The van der Waals surface area contributed by atoms with E-state index in [1.165, 1.54) is 12.1 Å². The van der Waals surface area contributed by atoms with E-state index in [1.54, 1.807) is 0 Å². The number of primary amides is 1. The number of carbonyl (C=O) groups excluding carboxylic acids is 1. The zero-order chi connectivity index (χ0) is 17.4. The summed E-state index contributed by atoms with van der Waals surface area (Å²) in [5, 5.41) is 5.09. The van der Waals surface area contributed by atoms with Crippen molar-refractivity contribution < 1.29 is 26.4 Å². The predicted octanol–water partition coefficient (Wildman–Crippen LogP) is 0.566. The van der Waals surface area contributed by atoms with Crippen molar-refractivity contribution in [3.63, 3.8) is 0 Å². The van der Waals surface area contributed by atoms with E-state index >= 15 is 0 Å². The number of alkyl halides is 3. The molecule has 0 aliphatic heterocycles. The van der Waals surface area contributed by atoms with Gasteiger partial charge in [-0.3, -0.25) is 4.79 Å². The fourth-order valence-corrected chi connectivity index (χ4v) is 2.69. The van der Waals surface area contributed by atoms with Crippen molar-refractivity contribution in [2.75, 3.05) is 0 Å². The molecule has 0 bridgehead atoms. The molecule has 0 radical (unpaired) electrons. The minimum atomic E-state index is -4.67. The Hall–Kier alpha value is -2.40. The fraction of sp³-hybridized carbons (Fsp3) is 0.167. The van der Waals surface area contributed by atoms with Crippen molar-refractivity contribution in [1.82, 2.24) is 9.55 Å². The van der Waals surface area contributed by atoms with E-state index in [0.717, 1.165) is 17.0 Å². The minimum Gasteiger partial charge on any atom is -0.369 e. The Kier molecular flexibility index (Phi) is 4.18. The maximum absolute atomic E-state index is 12.6. The maximum atomic E-state index is 12.6. The van der Waals surface area contributed by atoms with Gasteiger partial charge in [-0.05, 0) is 17.7 Å². The van der Waals surface area contributed by atoms with Crippen LogP contribution in [0.15, 0.2) is 35.6 Å². The smallest absolute Gasteiger partial charge is 0.369 e. The van der Waals surface area contributed by atoms with Gasteiger partial charge < -0.3 is 10.3 Å². The van der Waals surface area contributed by atoms with Crippen LogP contribution in [0.1, 0.15) is 11.3 Å². The SMILES string of the molecule is NC(=O)Cc1ccc(-n2cnc(C(F)(F)F)c2)c(S(N)(=O)=O)c1. The second kappa shape index (κ2) is 5.66. The number of halogens is 3. The number of carbonyl (C=O) groups is 1. The quantitative estimate of drug-likeness (QED) is 0.839. The molecule has 1 heterocycles. The number of imidazole rings is 1. The van der Waals surface area contributed by atoms with Crippen molar-refractivity contribution in [2.45, 2.75) is 17.5 Å². The number of nitrogens with zero attached hydrogens (tertiary/aromatic N) is 2. The molecule has 0 atom stereocenters. The van der Waals surface area contributed by atoms with E-state index in [4.69, 9.17) is 10.9 Å². The van der Waals surface area contributed by atoms with Crippen LogP contribution in [0.2, 0.25) is 0 Å². The van der Waals surface area contributed by atoms with Crippen LogP contribution in [0.25, 0.3) is 5.69 Å². The lowest BCUT2D eigenvalue weighted by Crippen LogP contribution is -2.17. The Bertz CT molecular complexity index is 859. The molecule has 7 nitrogen and oxygen atoms in total. The van der Waals surface area contributed by atoms with Gasteiger partial charge in [0.15, 0.2) is 5.69 Å². The van der Waals surface area contributed by atoms with Crippen molar-refractivity contribution in [3.05, 3.63) is 42.0 Å². The average molecular weight is 348 g/mol. The molecule has 0 fully saturated rings. The Morgan fingerprint density at radius 1 is 1.30 bits per heavy atom. The van der Waals surface area contributed by atoms with Crippen molar-refractivity contribution >= 4 is 15.9 Å². The maximum Gasteiger partial charge on any atom is 0.434 e. The highest BCUT2D eigenvalue weighted by Crippen LogP contribution is 2.29. The van der Waals surface area contributed by atoms with E-state index in [1.807, 2.05) is 0 Å². The van der Waals surface area contributed by atoms with E-state index in [2.05, 4.69) is 4.98 Å². The minimum absolute atomic E-state index is 0.122. The van der Waals surface area contributed by atoms with Crippen LogP contribution in [0.5, 0.6) is 0 Å². The molecular weight excluding hydrogens is 337 g/mol. The first kappa shape index (κ1) is 17.0. The second-order valence-corrected chi connectivity index (χ2v) is 6.18. The van der Waals surface area contributed by atoms with E-state index < -0.39 is 32.7 Å². The highest BCUT2D eigenvalue weighted by atomic mass is 32.2. The van der Waals surface area contributed by atoms with Crippen molar-refractivity contribution in [3.8, 4) is 5.69 Å². The lowest BCUT2D eigenvalue weighted by atomic mass is 10.1. The third-order valence-electron chi connectivity index (χ3n) is 2.86. The molecule has 1 amide bonds. The summed E-state index contributed by atoms with van der Waals surface area (Å²) < 4.78 is 62.0. The number of hydrogen-bond acceptors (Lipinski definition) is 4. The van der Waals surface area contributed by atoms with Crippen LogP contribution in [0, 0.1) is 0 Å². The Labute approximate surface area is 128 Å². The second-order valence-electron chi connectivity index (χ2n) is 4.65. The van der Waals surface area contributed by atoms with Crippen LogP contribution in [-0.2, 0) is 27.4 Å². The Balaban J connectivity index is 2.58. The molecule has 4 N–H and O–H groups in total. The lowest BCUT2D eigenvalue weighted by molar-refractivity contribution is -0.140. The van der Waals surface area contributed by atoms with Gasteiger partial charge in [0.25, 0.3) is 0 Å². The molecule has 1 aromatic carbocycles. The summed E-state index contributed by atoms with van der Waals surface area (Å²) >= 11 is 0. The van der Waals surface area contributed by atoms with Crippen molar-refractivity contribution in [1.29, 1.82) is 0 Å². The van der Waals surface area contributed by atoms with Gasteiger partial charge in [-0.25, -0.2) is 18.5 Å². The van der Waals surface area contributed by atoms with Crippen LogP contribution < -0.4 is 10.9 Å². The molecule has 11 heteroatoms. The molecule has 1 aromatic heterocycles. The zero-order valence-electron chi connectivity index (χ0n) is 11.4. The number of hydrogen-bond donors (Lipinski definition) is 2. The summed E-state index contributed by atoms with van der Waals surface area (Å²) in [4.78, 5) is 13.6. The summed E-state index contributed by atoms with van der Waals surface area (Å²) in [5.41, 5.74) is 3.99. The van der Waals surface area contributed by atoms with Crippen LogP contribution in [0.4, 0.5) is 13.2 Å². The molecule has 2 aromatic rings. The molecule has 0 saturated carbocycles. The normalized spacial score (nSPS) is 12.3. The third-order valence-corrected chi connectivity index (χ3v) is 3.80. The van der Waals surface area contributed by atoms with Crippen LogP contribution >= 0.6 is 0 Å². The highest BCUT2D eigenvalue weighted by molar-refractivity contribution is 7.89. The first-order valence-electron chi connectivity index (χ1n) is 6.04. The average Bonchev–Trinajstić information content (AvgIpc) is 2.86. The predicted molar refractivity (Wildman–Crippen MR) is 72.8 cm³/mol. The topological polar surface area (TPSA) is 121 Å². The molecule has 0 saturated heterocycles. The highest BCUT2D eigenvalue weighted by Gasteiger charge is 2.33. The number of sulfonamides is 1. The molecule has 0 unspecified atom stereocenters. The first-order chi connectivity index (χ1) is 10.5. The molecule has 0 spiro atoms. The molecular formula is C12H11F3N4O3S. The fourth-order valence-electron chi connectivity index (χ4n) is 1.91. The molecule has 124 valence electrons. The summed E-state index contributed by atoms with van der Waals surface area (Å²) in [7, 11) is -4.25. The standard InChI is InChI=1S/C12H11F3N4O3S/c13-12(14,15)10-5-19(6-18-10)8-2-1-7(4-11(16)20)3-9(8)23(17,21)22/h1-3,5-6H,4H2,(H2,16,20)(H2,17,21,22). The summed E-state index contributed by atoms with van der Waals surface area (Å²) in [5.74, 6) is -0.694. The summed E-state index contributed by atoms with van der Waals surface area (Å²) in [6.07, 6.45) is -3.45. The van der Waals surface area contributed by atoms with Gasteiger partial charge in [0.05, 0.1) is 18.4 Å². The summed E-state index contributed by atoms with van der Waals surface area (Å²) in [6.45, 7) is 0. The third kappa shape index (κ3) is 3.87. The number of aromatic nitrogens is 2. The largest absolute Gasteiger partial charge is 0.434 e. The zero-order valence-corrected chi connectivity index (χ0v) is 12.2. The van der Waals surface area contributed by atoms with Crippen LogP contribution in [-0.4, -0.2) is 23.9 Å². The number of nitrogens with two attached hydrogens (primary N) is 2. The lowest BCUT2D eigenvalue weighted by Gasteiger charge is -2.10. The molecule has 2 rings (SSSR count). The Morgan fingerprint density at radius 3 is 2.43 bits per heavy atom. The van der Waals surface area contributed by atoms with Gasteiger partial charge >= 0.3 is 6.18 Å². The molecule has 0 aliphatic rings. The van der Waals surface area contributed by atoms with Gasteiger partial charge in [0, 0.05) is 6.20 Å². The van der Waals surface area contributed by atoms with Crippen molar-refractivity contribution in [2.24, 2.45) is 10.9 Å². The van der Waals surface area contributed by atoms with E-state index in [0.29, 0.717) is 6.20 Å². The first-order valence-corrected chi connectivity index (χ1v) is 7.58. The summed E-state index contributed by atoms with van der Waals surface area (Å²) in [6, 6.07) is 3.67. The van der Waals surface area contributed by atoms with Crippen LogP contribution in [0.3, 0.4) is 0 Å². The van der Waals surface area contributed by atoms with Gasteiger partial charge in [-0.1, -0.05) is 6.07 Å². The van der Waals surface area contributed by atoms with E-state index in [9.17, 15) is 26.4 Å². The molecule has 0 aliphatic carbocycles. The Morgan fingerprint density at radius 2 is 1.96 bits per heavy atom. The number of primary sulfonamides is 1. The van der Waals surface area contributed by atoms with Gasteiger partial charge in [0.1, 0.15) is 4.90 Å². The number of benzene rings is 1. The number of amides is 1.